The zero-order valence-corrected chi connectivity index (χ0v) is 22.3. The lowest BCUT2D eigenvalue weighted by Gasteiger charge is -2.28. The Morgan fingerprint density at radius 3 is 2.36 bits per heavy atom. The first-order chi connectivity index (χ1) is 17.0. The fourth-order valence-corrected chi connectivity index (χ4v) is 5.14. The number of hydrogen-bond acceptors (Lipinski definition) is 5. The lowest BCUT2D eigenvalue weighted by molar-refractivity contribution is -0.140. The van der Waals surface area contributed by atoms with Crippen LogP contribution in [0.3, 0.4) is 0 Å². The first-order valence-electron chi connectivity index (χ1n) is 13.0. The number of Topliss-reactive ketones (excluding diaryl/α,β-unsaturated/α-hetero) is 1. The molecule has 1 fully saturated rings. The van der Waals surface area contributed by atoms with E-state index in [2.05, 4.69) is 39.5 Å². The maximum absolute atomic E-state index is 13.4. The summed E-state index contributed by atoms with van der Waals surface area (Å²) in [6.07, 6.45) is 0.816. The molecule has 1 amide bonds. The summed E-state index contributed by atoms with van der Waals surface area (Å²) in [5.74, 6) is -0.534. The maximum atomic E-state index is 13.4. The number of benzene rings is 2. The van der Waals surface area contributed by atoms with Gasteiger partial charge in [0.2, 0.25) is 0 Å². The highest BCUT2D eigenvalue weighted by Gasteiger charge is 2.46. The van der Waals surface area contributed by atoms with E-state index in [-0.39, 0.29) is 22.9 Å². The minimum absolute atomic E-state index is 0.0211. The third-order valence-electron chi connectivity index (χ3n) is 7.35. The molecule has 0 radical (unpaired) electrons. The van der Waals surface area contributed by atoms with Crippen molar-refractivity contribution >= 4 is 17.4 Å². The van der Waals surface area contributed by atoms with Crippen molar-refractivity contribution < 1.29 is 19.4 Å². The molecule has 0 spiro atoms. The van der Waals surface area contributed by atoms with Crippen LogP contribution in [-0.2, 0) is 21.4 Å². The van der Waals surface area contributed by atoms with Crippen LogP contribution in [0, 0.1) is 0 Å². The normalized spacial score (nSPS) is 21.2. The predicted molar refractivity (Wildman–Crippen MR) is 142 cm³/mol. The van der Waals surface area contributed by atoms with E-state index in [4.69, 9.17) is 4.74 Å². The molecule has 2 aliphatic heterocycles. The number of amides is 1. The smallest absolute Gasteiger partial charge is 0.295 e. The molecular weight excluding hydrogens is 452 g/mol. The topological polar surface area (TPSA) is 70.1 Å². The molecule has 1 N–H and O–H groups in total. The van der Waals surface area contributed by atoms with Crippen molar-refractivity contribution in [2.24, 2.45) is 0 Å². The third kappa shape index (κ3) is 4.92. The highest BCUT2D eigenvalue weighted by molar-refractivity contribution is 6.46. The van der Waals surface area contributed by atoms with Crippen LogP contribution in [0.1, 0.15) is 69.8 Å². The Balaban J connectivity index is 1.79. The summed E-state index contributed by atoms with van der Waals surface area (Å²) in [6.45, 7) is 15.4. The van der Waals surface area contributed by atoms with Gasteiger partial charge in [-0.3, -0.25) is 9.59 Å². The summed E-state index contributed by atoms with van der Waals surface area (Å²) in [5, 5.41) is 11.4. The van der Waals surface area contributed by atoms with Crippen molar-refractivity contribution in [2.75, 3.05) is 26.2 Å². The Hall–Kier alpha value is -3.12. The Morgan fingerprint density at radius 1 is 1.08 bits per heavy atom. The van der Waals surface area contributed by atoms with Crippen molar-refractivity contribution in [3.63, 3.8) is 0 Å². The second-order valence-corrected chi connectivity index (χ2v) is 10.8. The molecule has 4 rings (SSSR count). The SMILES string of the molecule is CCN(CC)CCN1C(=O)C(=O)C(=C(O)c2ccc3c(c2)C[C@@H](C)O3)[C@@H]1c1ccc(C(C)(C)C)cc1. The average molecular weight is 491 g/mol. The Kier molecular flexibility index (Phi) is 7.28. The predicted octanol–water partition coefficient (Wildman–Crippen LogP) is 5.07. The molecule has 2 heterocycles. The largest absolute Gasteiger partial charge is 0.507 e. The second kappa shape index (κ2) is 10.1. The van der Waals surface area contributed by atoms with Gasteiger partial charge in [0.25, 0.3) is 11.7 Å². The lowest BCUT2D eigenvalue weighted by atomic mass is 9.85. The van der Waals surface area contributed by atoms with Crippen molar-refractivity contribution in [2.45, 2.75) is 65.5 Å². The molecule has 192 valence electrons. The molecule has 36 heavy (non-hydrogen) atoms. The van der Waals surface area contributed by atoms with E-state index in [0.717, 1.165) is 36.4 Å². The zero-order valence-electron chi connectivity index (χ0n) is 22.3. The molecule has 0 aromatic heterocycles. The summed E-state index contributed by atoms with van der Waals surface area (Å²) in [5.41, 5.74) is 3.64. The molecular formula is C30H38N2O4. The number of likely N-dealkylation sites (tertiary alicyclic amines) is 1. The molecule has 6 nitrogen and oxygen atoms in total. The fourth-order valence-electron chi connectivity index (χ4n) is 5.14. The summed E-state index contributed by atoms with van der Waals surface area (Å²) >= 11 is 0. The summed E-state index contributed by atoms with van der Waals surface area (Å²) < 4.78 is 5.80. The van der Waals surface area contributed by atoms with E-state index in [0.29, 0.717) is 18.7 Å². The zero-order chi connectivity index (χ0) is 26.2. The van der Waals surface area contributed by atoms with Gasteiger partial charge in [0, 0.05) is 25.1 Å². The first kappa shape index (κ1) is 26.0. The summed E-state index contributed by atoms with van der Waals surface area (Å²) in [7, 11) is 0. The van der Waals surface area contributed by atoms with Crippen molar-refractivity contribution in [1.82, 2.24) is 9.80 Å². The van der Waals surface area contributed by atoms with Gasteiger partial charge in [-0.1, -0.05) is 58.9 Å². The van der Waals surface area contributed by atoms with Crippen molar-refractivity contribution in [1.29, 1.82) is 0 Å². The number of carbonyl (C=O) groups excluding carboxylic acids is 2. The number of fused-ring (bicyclic) bond motifs is 1. The minimum atomic E-state index is -0.641. The number of nitrogens with zero attached hydrogens (tertiary/aromatic N) is 2. The van der Waals surface area contributed by atoms with E-state index >= 15 is 0 Å². The number of hydrogen-bond donors (Lipinski definition) is 1. The molecule has 2 aromatic carbocycles. The summed E-state index contributed by atoms with van der Waals surface area (Å²) in [6, 6.07) is 12.9. The molecule has 2 aromatic rings. The highest BCUT2D eigenvalue weighted by Crippen LogP contribution is 2.41. The number of likely N-dealkylation sites (N-methyl/N-ethyl adjacent to an activating group) is 1. The number of ketones is 1. The van der Waals surface area contributed by atoms with E-state index < -0.39 is 17.7 Å². The van der Waals surface area contributed by atoms with Gasteiger partial charge < -0.3 is 19.6 Å². The van der Waals surface area contributed by atoms with Gasteiger partial charge in [-0.2, -0.15) is 0 Å². The minimum Gasteiger partial charge on any atom is -0.507 e. The molecule has 0 unspecified atom stereocenters. The Bertz CT molecular complexity index is 1170. The Morgan fingerprint density at radius 2 is 1.75 bits per heavy atom. The molecule has 0 aliphatic carbocycles. The maximum Gasteiger partial charge on any atom is 0.295 e. The molecule has 0 bridgehead atoms. The van der Waals surface area contributed by atoms with Crippen LogP contribution in [0.15, 0.2) is 48.0 Å². The van der Waals surface area contributed by atoms with E-state index in [1.165, 1.54) is 5.56 Å². The second-order valence-electron chi connectivity index (χ2n) is 10.8. The van der Waals surface area contributed by atoms with Gasteiger partial charge in [0.15, 0.2) is 0 Å². The monoisotopic (exact) mass is 490 g/mol. The lowest BCUT2D eigenvalue weighted by Crippen LogP contribution is -2.38. The van der Waals surface area contributed by atoms with Crippen molar-refractivity contribution in [3.8, 4) is 5.75 Å². The average Bonchev–Trinajstić information content (AvgIpc) is 3.34. The van der Waals surface area contributed by atoms with Gasteiger partial charge >= 0.3 is 0 Å². The third-order valence-corrected chi connectivity index (χ3v) is 7.35. The quantitative estimate of drug-likeness (QED) is 0.333. The van der Waals surface area contributed by atoms with Crippen molar-refractivity contribution in [3.05, 3.63) is 70.3 Å². The van der Waals surface area contributed by atoms with Crippen LogP contribution in [0.2, 0.25) is 0 Å². The summed E-state index contributed by atoms with van der Waals surface area (Å²) in [4.78, 5) is 30.5. The standard InChI is InChI=1S/C30H38N2O4/c1-7-31(8-2)15-16-32-26(20-9-12-23(13-10-20)30(4,5)6)25(28(34)29(32)35)27(33)21-11-14-24-22(18-21)17-19(3)36-24/h9-14,18-19,26,33H,7-8,15-17H2,1-6H3/t19-,26+/m1/s1. The van der Waals surface area contributed by atoms with Crippen LogP contribution in [0.4, 0.5) is 0 Å². The van der Waals surface area contributed by atoms with Gasteiger partial charge in [-0.05, 0) is 60.3 Å². The van der Waals surface area contributed by atoms with Crippen LogP contribution < -0.4 is 4.74 Å². The Labute approximate surface area is 214 Å². The van der Waals surface area contributed by atoms with E-state index in [1.807, 2.05) is 43.3 Å². The highest BCUT2D eigenvalue weighted by atomic mass is 16.5. The first-order valence-corrected chi connectivity index (χ1v) is 13.0. The molecule has 2 aliphatic rings. The van der Waals surface area contributed by atoms with Crippen LogP contribution in [0.25, 0.3) is 5.76 Å². The molecule has 2 atom stereocenters. The molecule has 0 saturated carbocycles. The van der Waals surface area contributed by atoms with Gasteiger partial charge in [0.1, 0.15) is 17.6 Å². The van der Waals surface area contributed by atoms with E-state index in [9.17, 15) is 14.7 Å². The molecule has 6 heteroatoms. The van der Waals surface area contributed by atoms with Crippen LogP contribution >= 0.6 is 0 Å². The number of aliphatic hydroxyl groups is 1. The van der Waals surface area contributed by atoms with Crippen LogP contribution in [0.5, 0.6) is 5.75 Å². The van der Waals surface area contributed by atoms with Gasteiger partial charge in [-0.15, -0.1) is 0 Å². The fraction of sp³-hybridized carbons (Fsp3) is 0.467. The van der Waals surface area contributed by atoms with E-state index in [1.54, 1.807) is 11.0 Å². The van der Waals surface area contributed by atoms with Crippen LogP contribution in [-0.4, -0.2) is 58.9 Å². The number of carbonyl (C=O) groups is 2. The number of ether oxygens (including phenoxy) is 1. The van der Waals surface area contributed by atoms with Gasteiger partial charge in [-0.25, -0.2) is 0 Å². The van der Waals surface area contributed by atoms with Gasteiger partial charge in [0.05, 0.1) is 11.6 Å². The number of aliphatic hydroxyl groups excluding tert-OH is 1. The number of rotatable bonds is 7. The molecule has 1 saturated heterocycles.